The number of nitrogens with zero attached hydrogens (tertiary/aromatic N) is 1. The molecule has 0 spiro atoms. The second-order valence-corrected chi connectivity index (χ2v) is 12.0. The quantitative estimate of drug-likeness (QED) is 0.206. The van der Waals surface area contributed by atoms with Crippen LogP contribution in [-0.4, -0.2) is 37.6 Å². The van der Waals surface area contributed by atoms with E-state index in [-0.39, 0.29) is 33.9 Å². The van der Waals surface area contributed by atoms with Gasteiger partial charge in [0.25, 0.3) is 11.1 Å². The molecule has 0 aromatic heterocycles. The lowest BCUT2D eigenvalue weighted by Gasteiger charge is -2.14. The van der Waals surface area contributed by atoms with Gasteiger partial charge in [0.05, 0.1) is 15.9 Å². The predicted molar refractivity (Wildman–Crippen MR) is 147 cm³/mol. The number of aryl methyl sites for hydroxylation is 2. The van der Waals surface area contributed by atoms with Crippen LogP contribution in [0.2, 0.25) is 5.02 Å². The van der Waals surface area contributed by atoms with Crippen molar-refractivity contribution in [2.75, 3.05) is 13.2 Å². The molecule has 1 fully saturated rings. The molecule has 37 heavy (non-hydrogen) atoms. The topological polar surface area (TPSA) is 90.0 Å². The van der Waals surface area contributed by atoms with Crippen molar-refractivity contribution in [2.45, 2.75) is 18.7 Å². The Kier molecular flexibility index (Phi) is 8.33. The van der Waals surface area contributed by atoms with E-state index in [1.165, 1.54) is 30.3 Å². The summed E-state index contributed by atoms with van der Waals surface area (Å²) >= 11 is 9.97. The van der Waals surface area contributed by atoms with Gasteiger partial charge < -0.3 is 8.92 Å². The summed E-state index contributed by atoms with van der Waals surface area (Å²) in [6.45, 7) is 4.19. The molecule has 192 valence electrons. The van der Waals surface area contributed by atoms with E-state index in [4.69, 9.17) is 20.5 Å². The lowest BCUT2D eigenvalue weighted by Crippen LogP contribution is -2.32. The third-order valence-corrected chi connectivity index (χ3v) is 8.37. The number of imide groups is 1. The van der Waals surface area contributed by atoms with Crippen molar-refractivity contribution in [1.82, 2.24) is 4.90 Å². The maximum Gasteiger partial charge on any atom is 0.339 e. The predicted octanol–water partition coefficient (Wildman–Crippen LogP) is 6.60. The van der Waals surface area contributed by atoms with Gasteiger partial charge in [-0.1, -0.05) is 29.8 Å². The molecule has 1 saturated heterocycles. The number of thioether (sulfide) groups is 1. The van der Waals surface area contributed by atoms with Crippen molar-refractivity contribution < 1.29 is 26.9 Å². The van der Waals surface area contributed by atoms with E-state index >= 15 is 0 Å². The lowest BCUT2D eigenvalue weighted by atomic mass is 10.1. The first-order chi connectivity index (χ1) is 17.5. The number of halogens is 2. The molecule has 3 aromatic carbocycles. The van der Waals surface area contributed by atoms with E-state index in [2.05, 4.69) is 15.9 Å². The Morgan fingerprint density at radius 1 is 1.00 bits per heavy atom. The summed E-state index contributed by atoms with van der Waals surface area (Å²) in [6, 6.07) is 16.1. The normalized spacial score (nSPS) is 14.9. The third kappa shape index (κ3) is 6.56. The summed E-state index contributed by atoms with van der Waals surface area (Å²) in [4.78, 5) is 26.7. The van der Waals surface area contributed by atoms with Crippen LogP contribution in [0, 0.1) is 13.8 Å². The van der Waals surface area contributed by atoms with E-state index in [0.717, 1.165) is 27.8 Å². The minimum Gasteiger partial charge on any atom is -0.491 e. The number of ether oxygens (including phenoxy) is 1. The van der Waals surface area contributed by atoms with E-state index in [1.54, 1.807) is 18.2 Å². The van der Waals surface area contributed by atoms with Crippen molar-refractivity contribution in [3.8, 4) is 11.5 Å². The number of rotatable bonds is 8. The summed E-state index contributed by atoms with van der Waals surface area (Å²) in [5.41, 5.74) is 2.61. The molecule has 0 atom stereocenters. The summed E-state index contributed by atoms with van der Waals surface area (Å²) in [6.07, 6.45) is 1.57. The van der Waals surface area contributed by atoms with Crippen LogP contribution >= 0.6 is 39.3 Å². The summed E-state index contributed by atoms with van der Waals surface area (Å²) < 4.78 is 36.5. The largest absolute Gasteiger partial charge is 0.491 e. The highest BCUT2D eigenvalue weighted by atomic mass is 79.9. The number of hydrogen-bond acceptors (Lipinski definition) is 7. The Morgan fingerprint density at radius 2 is 1.73 bits per heavy atom. The minimum absolute atomic E-state index is 0.0388. The summed E-state index contributed by atoms with van der Waals surface area (Å²) in [7, 11) is -4.07. The first-order valence-electron chi connectivity index (χ1n) is 11.0. The molecule has 0 unspecified atom stereocenters. The molecule has 4 rings (SSSR count). The zero-order valence-electron chi connectivity index (χ0n) is 19.7. The van der Waals surface area contributed by atoms with Crippen LogP contribution in [0.25, 0.3) is 6.08 Å². The standard InChI is InChI=1S/C26H21BrClNO6S2/c1-16-3-4-17(2)23(13-16)34-12-11-29-25(30)24(36-26(29)31)15-18-5-10-22(21(27)14-18)35-37(32,33)20-8-6-19(28)7-9-20/h3-10,13-15H,11-12H2,1-2H3/b24-15-. The number of amides is 2. The van der Waals surface area contributed by atoms with Gasteiger partial charge in [0.2, 0.25) is 0 Å². The highest BCUT2D eigenvalue weighted by molar-refractivity contribution is 9.10. The molecule has 11 heteroatoms. The van der Waals surface area contributed by atoms with Gasteiger partial charge in [0.15, 0.2) is 5.75 Å². The number of carbonyl (C=O) groups is 2. The summed E-state index contributed by atoms with van der Waals surface area (Å²) in [5.74, 6) is 0.373. The SMILES string of the molecule is Cc1ccc(C)c(OCCN2C(=O)S/C(=C\c3ccc(OS(=O)(=O)c4ccc(Cl)cc4)c(Br)c3)C2=O)c1. The monoisotopic (exact) mass is 621 g/mol. The fourth-order valence-corrected chi connectivity index (χ4v) is 5.92. The van der Waals surface area contributed by atoms with Gasteiger partial charge in [-0.15, -0.1) is 0 Å². The van der Waals surface area contributed by atoms with Gasteiger partial charge in [-0.25, -0.2) is 0 Å². The van der Waals surface area contributed by atoms with E-state index < -0.39 is 16.0 Å². The maximum atomic E-state index is 12.8. The number of benzene rings is 3. The highest BCUT2D eigenvalue weighted by Crippen LogP contribution is 2.34. The van der Waals surface area contributed by atoms with Gasteiger partial charge in [-0.3, -0.25) is 14.5 Å². The van der Waals surface area contributed by atoms with E-state index in [1.807, 2.05) is 32.0 Å². The van der Waals surface area contributed by atoms with Gasteiger partial charge in [-0.05, 0) is 107 Å². The first kappa shape index (κ1) is 27.3. The van der Waals surface area contributed by atoms with Crippen LogP contribution in [0.4, 0.5) is 4.79 Å². The molecular weight excluding hydrogens is 602 g/mol. The minimum atomic E-state index is -4.07. The molecule has 3 aromatic rings. The second-order valence-electron chi connectivity index (χ2n) is 8.13. The highest BCUT2D eigenvalue weighted by Gasteiger charge is 2.35. The van der Waals surface area contributed by atoms with Crippen LogP contribution in [0.3, 0.4) is 0 Å². The number of carbonyl (C=O) groups excluding carboxylic acids is 2. The Labute approximate surface area is 232 Å². The summed E-state index contributed by atoms with van der Waals surface area (Å²) in [5, 5.41) is 0.0247. The Hall–Kier alpha value is -2.79. The van der Waals surface area contributed by atoms with Crippen LogP contribution < -0.4 is 8.92 Å². The van der Waals surface area contributed by atoms with Gasteiger partial charge in [0, 0.05) is 5.02 Å². The van der Waals surface area contributed by atoms with Gasteiger partial charge >= 0.3 is 10.1 Å². The zero-order chi connectivity index (χ0) is 26.7. The third-order valence-electron chi connectivity index (χ3n) is 5.35. The molecule has 2 amide bonds. The van der Waals surface area contributed by atoms with E-state index in [0.29, 0.717) is 20.8 Å². The Bertz CT molecular complexity index is 1510. The average molecular weight is 623 g/mol. The van der Waals surface area contributed by atoms with Crippen LogP contribution in [0.1, 0.15) is 16.7 Å². The van der Waals surface area contributed by atoms with Gasteiger partial charge in [-0.2, -0.15) is 8.42 Å². The van der Waals surface area contributed by atoms with E-state index in [9.17, 15) is 18.0 Å². The first-order valence-corrected chi connectivity index (χ1v) is 14.4. The van der Waals surface area contributed by atoms with Crippen molar-refractivity contribution in [3.05, 3.63) is 91.8 Å². The molecular formula is C26H21BrClNO6S2. The zero-order valence-corrected chi connectivity index (χ0v) is 23.7. The van der Waals surface area contributed by atoms with Crippen molar-refractivity contribution in [2.24, 2.45) is 0 Å². The molecule has 1 aliphatic rings. The van der Waals surface area contributed by atoms with Crippen molar-refractivity contribution in [3.63, 3.8) is 0 Å². The van der Waals surface area contributed by atoms with Crippen molar-refractivity contribution >= 4 is 66.6 Å². The second kappa shape index (κ2) is 11.3. The average Bonchev–Trinajstić information content (AvgIpc) is 3.10. The molecule has 1 heterocycles. The van der Waals surface area contributed by atoms with Gasteiger partial charge in [0.1, 0.15) is 17.3 Å². The molecule has 1 aliphatic heterocycles. The fraction of sp³-hybridized carbons (Fsp3) is 0.154. The molecule has 0 aliphatic carbocycles. The van der Waals surface area contributed by atoms with Crippen LogP contribution in [0.5, 0.6) is 11.5 Å². The fourth-order valence-electron chi connectivity index (χ4n) is 3.40. The molecule has 0 radical (unpaired) electrons. The molecule has 0 saturated carbocycles. The Morgan fingerprint density at radius 3 is 2.43 bits per heavy atom. The van der Waals surface area contributed by atoms with Crippen LogP contribution in [0.15, 0.2) is 74.9 Å². The molecule has 0 bridgehead atoms. The molecule has 0 N–H and O–H groups in total. The Balaban J connectivity index is 1.42. The number of hydrogen-bond donors (Lipinski definition) is 0. The smallest absolute Gasteiger partial charge is 0.339 e. The van der Waals surface area contributed by atoms with Crippen molar-refractivity contribution in [1.29, 1.82) is 0 Å². The lowest BCUT2D eigenvalue weighted by molar-refractivity contribution is -0.123. The maximum absolute atomic E-state index is 12.8. The molecule has 7 nitrogen and oxygen atoms in total. The van der Waals surface area contributed by atoms with Crippen LogP contribution in [-0.2, 0) is 14.9 Å².